The minimum absolute atomic E-state index is 0.0190. The molecule has 0 atom stereocenters. The van der Waals surface area contributed by atoms with Crippen molar-refractivity contribution in [3.05, 3.63) is 29.6 Å². The molecule has 1 N–H and O–H groups in total. The van der Waals surface area contributed by atoms with E-state index >= 15 is 0 Å². The molecule has 0 amide bonds. The normalized spacial score (nSPS) is 10.9. The van der Waals surface area contributed by atoms with E-state index in [0.717, 1.165) is 12.1 Å². The molecule has 0 aliphatic rings. The molecule has 7 heteroatoms. The van der Waals surface area contributed by atoms with Crippen LogP contribution in [0.3, 0.4) is 0 Å². The molecular weight excluding hydrogens is 273 g/mol. The topological polar surface area (TPSA) is 43.8 Å². The number of aliphatic carboxylic acids is 1. The van der Waals surface area contributed by atoms with Crippen LogP contribution in [0.2, 0.25) is 0 Å². The van der Waals surface area contributed by atoms with Crippen LogP contribution in [0.4, 0.5) is 18.9 Å². The first kappa shape index (κ1) is 16.3. The van der Waals surface area contributed by atoms with Gasteiger partial charge in [0.25, 0.3) is 0 Å². The number of rotatable bonds is 7. The molecular formula is C13H17F3N2O2. The van der Waals surface area contributed by atoms with E-state index in [2.05, 4.69) is 0 Å². The van der Waals surface area contributed by atoms with E-state index in [4.69, 9.17) is 5.11 Å². The largest absolute Gasteiger partial charge is 0.481 e. The lowest BCUT2D eigenvalue weighted by atomic mass is 10.2. The summed E-state index contributed by atoms with van der Waals surface area (Å²) >= 11 is 0. The summed E-state index contributed by atoms with van der Waals surface area (Å²) in [5, 5.41) is 8.69. The van der Waals surface area contributed by atoms with Gasteiger partial charge in [-0.3, -0.25) is 4.79 Å². The predicted molar refractivity (Wildman–Crippen MR) is 69.3 cm³/mol. The van der Waals surface area contributed by atoms with Crippen molar-refractivity contribution in [2.24, 2.45) is 0 Å². The standard InChI is InChI=1S/C13H17F3N2O2/c1-17(2)7-8-18(6-5-11(19)20)10-4-3-9(14)12(15)13(10)16/h3-4H,5-8H2,1-2H3,(H,19,20). The Morgan fingerprint density at radius 2 is 1.75 bits per heavy atom. The zero-order valence-electron chi connectivity index (χ0n) is 11.4. The molecule has 0 aliphatic heterocycles. The fourth-order valence-electron chi connectivity index (χ4n) is 1.66. The van der Waals surface area contributed by atoms with Crippen LogP contribution in [0.1, 0.15) is 6.42 Å². The van der Waals surface area contributed by atoms with E-state index in [1.54, 1.807) is 14.1 Å². The highest BCUT2D eigenvalue weighted by atomic mass is 19.2. The molecule has 0 saturated carbocycles. The highest BCUT2D eigenvalue weighted by Gasteiger charge is 2.19. The molecule has 0 saturated heterocycles. The zero-order valence-corrected chi connectivity index (χ0v) is 11.4. The third-order valence-corrected chi connectivity index (χ3v) is 2.77. The second-order valence-corrected chi connectivity index (χ2v) is 4.63. The fraction of sp³-hybridized carbons (Fsp3) is 0.462. The molecule has 0 unspecified atom stereocenters. The Morgan fingerprint density at radius 1 is 1.10 bits per heavy atom. The summed E-state index contributed by atoms with van der Waals surface area (Å²) in [6, 6.07) is 1.95. The number of anilines is 1. The maximum atomic E-state index is 13.7. The summed E-state index contributed by atoms with van der Waals surface area (Å²) in [4.78, 5) is 13.8. The van der Waals surface area contributed by atoms with Crippen LogP contribution in [0.25, 0.3) is 0 Å². The average molecular weight is 290 g/mol. The Morgan fingerprint density at radius 3 is 2.30 bits per heavy atom. The van der Waals surface area contributed by atoms with Gasteiger partial charge in [0.1, 0.15) is 0 Å². The minimum atomic E-state index is -1.55. The first-order valence-electron chi connectivity index (χ1n) is 6.08. The van der Waals surface area contributed by atoms with Gasteiger partial charge in [0.15, 0.2) is 17.5 Å². The summed E-state index contributed by atoms with van der Waals surface area (Å²) in [5.41, 5.74) is -0.132. The maximum Gasteiger partial charge on any atom is 0.305 e. The summed E-state index contributed by atoms with van der Waals surface area (Å²) < 4.78 is 39.9. The van der Waals surface area contributed by atoms with Crippen LogP contribution in [0.5, 0.6) is 0 Å². The van der Waals surface area contributed by atoms with Crippen molar-refractivity contribution in [1.82, 2.24) is 4.90 Å². The molecule has 0 aromatic heterocycles. The van der Waals surface area contributed by atoms with E-state index in [1.165, 1.54) is 4.90 Å². The van der Waals surface area contributed by atoms with Crippen LogP contribution in [0, 0.1) is 17.5 Å². The van der Waals surface area contributed by atoms with Crippen molar-refractivity contribution in [2.75, 3.05) is 38.6 Å². The number of benzene rings is 1. The van der Waals surface area contributed by atoms with E-state index in [1.807, 2.05) is 4.90 Å². The summed E-state index contributed by atoms with van der Waals surface area (Å²) in [6.07, 6.45) is -0.216. The molecule has 0 spiro atoms. The Hall–Kier alpha value is -1.76. The molecule has 0 heterocycles. The van der Waals surface area contributed by atoms with E-state index in [-0.39, 0.29) is 18.7 Å². The SMILES string of the molecule is CN(C)CCN(CCC(=O)O)c1ccc(F)c(F)c1F. The second-order valence-electron chi connectivity index (χ2n) is 4.63. The quantitative estimate of drug-likeness (QED) is 0.780. The molecule has 1 aromatic rings. The Balaban J connectivity index is 2.96. The van der Waals surface area contributed by atoms with E-state index < -0.39 is 23.4 Å². The zero-order chi connectivity index (χ0) is 15.3. The number of hydrogen-bond donors (Lipinski definition) is 1. The molecule has 4 nitrogen and oxygen atoms in total. The van der Waals surface area contributed by atoms with Crippen molar-refractivity contribution >= 4 is 11.7 Å². The number of carboxylic acids is 1. The molecule has 1 aromatic carbocycles. The van der Waals surface area contributed by atoms with Gasteiger partial charge in [-0.25, -0.2) is 13.2 Å². The number of carbonyl (C=O) groups is 1. The molecule has 1 rings (SSSR count). The Labute approximate surface area is 115 Å². The molecule has 0 aliphatic carbocycles. The first-order valence-corrected chi connectivity index (χ1v) is 6.08. The van der Waals surface area contributed by atoms with Crippen molar-refractivity contribution in [2.45, 2.75) is 6.42 Å². The predicted octanol–water partition coefficient (Wildman–Crippen LogP) is 1.95. The van der Waals surface area contributed by atoms with Gasteiger partial charge < -0.3 is 14.9 Å². The van der Waals surface area contributed by atoms with Gasteiger partial charge in [0.2, 0.25) is 0 Å². The van der Waals surface area contributed by atoms with Gasteiger partial charge in [0, 0.05) is 19.6 Å². The lowest BCUT2D eigenvalue weighted by molar-refractivity contribution is -0.136. The third-order valence-electron chi connectivity index (χ3n) is 2.77. The number of likely N-dealkylation sites (N-methyl/N-ethyl adjacent to an activating group) is 1. The van der Waals surface area contributed by atoms with Gasteiger partial charge in [0.05, 0.1) is 12.1 Å². The van der Waals surface area contributed by atoms with Crippen molar-refractivity contribution in [3.8, 4) is 0 Å². The van der Waals surface area contributed by atoms with Gasteiger partial charge in [-0.2, -0.15) is 0 Å². The fourth-order valence-corrected chi connectivity index (χ4v) is 1.66. The highest BCUT2D eigenvalue weighted by molar-refractivity contribution is 5.67. The third kappa shape index (κ3) is 4.41. The summed E-state index contributed by atoms with van der Waals surface area (Å²) in [6.45, 7) is 0.853. The minimum Gasteiger partial charge on any atom is -0.481 e. The van der Waals surface area contributed by atoms with Crippen molar-refractivity contribution < 1.29 is 23.1 Å². The first-order chi connectivity index (χ1) is 9.32. The monoisotopic (exact) mass is 290 g/mol. The van der Waals surface area contributed by atoms with E-state index in [0.29, 0.717) is 13.1 Å². The summed E-state index contributed by atoms with van der Waals surface area (Å²) in [7, 11) is 3.61. The number of carboxylic acid groups (broad SMARTS) is 1. The molecule has 0 radical (unpaired) electrons. The summed E-state index contributed by atoms with van der Waals surface area (Å²) in [5.74, 6) is -5.15. The Kier molecular flexibility index (Phi) is 5.82. The van der Waals surface area contributed by atoms with Crippen LogP contribution in [-0.2, 0) is 4.79 Å². The Bertz CT molecular complexity index is 481. The molecule has 112 valence electrons. The average Bonchev–Trinajstić information content (AvgIpc) is 2.37. The van der Waals surface area contributed by atoms with Crippen LogP contribution in [0.15, 0.2) is 12.1 Å². The van der Waals surface area contributed by atoms with Gasteiger partial charge in [-0.1, -0.05) is 0 Å². The van der Waals surface area contributed by atoms with Crippen LogP contribution in [-0.4, -0.2) is 49.7 Å². The lowest BCUT2D eigenvalue weighted by Crippen LogP contribution is -2.34. The molecule has 0 fully saturated rings. The van der Waals surface area contributed by atoms with Gasteiger partial charge in [-0.15, -0.1) is 0 Å². The smallest absolute Gasteiger partial charge is 0.305 e. The van der Waals surface area contributed by atoms with Crippen molar-refractivity contribution in [3.63, 3.8) is 0 Å². The number of nitrogens with zero attached hydrogens (tertiary/aromatic N) is 2. The molecule has 20 heavy (non-hydrogen) atoms. The van der Waals surface area contributed by atoms with Crippen LogP contribution >= 0.6 is 0 Å². The molecule has 0 bridgehead atoms. The highest BCUT2D eigenvalue weighted by Crippen LogP contribution is 2.23. The van der Waals surface area contributed by atoms with Crippen LogP contribution < -0.4 is 4.90 Å². The van der Waals surface area contributed by atoms with E-state index in [9.17, 15) is 18.0 Å². The van der Waals surface area contributed by atoms with Gasteiger partial charge >= 0.3 is 5.97 Å². The second kappa shape index (κ2) is 7.14. The lowest BCUT2D eigenvalue weighted by Gasteiger charge is -2.26. The maximum absolute atomic E-state index is 13.7. The van der Waals surface area contributed by atoms with Crippen molar-refractivity contribution in [1.29, 1.82) is 0 Å². The number of hydrogen-bond acceptors (Lipinski definition) is 3. The number of halogens is 3. The van der Waals surface area contributed by atoms with Gasteiger partial charge in [-0.05, 0) is 26.2 Å².